The lowest BCUT2D eigenvalue weighted by molar-refractivity contribution is -0.115. The number of ether oxygens (including phenoxy) is 1. The topological polar surface area (TPSA) is 73.2 Å². The summed E-state index contributed by atoms with van der Waals surface area (Å²) in [7, 11) is 0. The van der Waals surface area contributed by atoms with Crippen LogP contribution < -0.4 is 10.9 Å². The minimum absolute atomic E-state index is 0.0904. The summed E-state index contributed by atoms with van der Waals surface area (Å²) in [5.41, 5.74) is 2.51. The molecule has 0 saturated heterocycles. The number of hydrogen-bond acceptors (Lipinski definition) is 5. The largest absolute Gasteiger partial charge is 0.379 e. The molecular weight excluding hydrogens is 446 g/mol. The number of fused-ring (bicyclic) bond motifs is 1. The van der Waals surface area contributed by atoms with Crippen molar-refractivity contribution in [2.45, 2.75) is 76.4 Å². The molecule has 3 rings (SSSR count). The fourth-order valence-electron chi connectivity index (χ4n) is 3.68. The van der Waals surface area contributed by atoms with Gasteiger partial charge in [0.05, 0.1) is 22.3 Å². The number of para-hydroxylation sites is 2. The van der Waals surface area contributed by atoms with Crippen LogP contribution in [0, 0.1) is 0 Å². The third kappa shape index (κ3) is 6.48. The Hall–Kier alpha value is -2.64. The van der Waals surface area contributed by atoms with Gasteiger partial charge in [0.25, 0.3) is 5.56 Å². The summed E-state index contributed by atoms with van der Waals surface area (Å²) in [6.45, 7) is 11.2. The lowest BCUT2D eigenvalue weighted by Gasteiger charge is -2.19. The van der Waals surface area contributed by atoms with Gasteiger partial charge in [-0.15, -0.1) is 0 Å². The van der Waals surface area contributed by atoms with E-state index >= 15 is 0 Å². The maximum absolute atomic E-state index is 13.2. The van der Waals surface area contributed by atoms with Crippen LogP contribution in [0.25, 0.3) is 10.9 Å². The molecule has 1 amide bonds. The number of carbonyl (C=O) groups is 1. The second-order valence-corrected chi connectivity index (χ2v) is 10.1. The zero-order chi connectivity index (χ0) is 24.7. The Morgan fingerprint density at radius 3 is 2.53 bits per heavy atom. The molecule has 34 heavy (non-hydrogen) atoms. The summed E-state index contributed by atoms with van der Waals surface area (Å²) in [6, 6.07) is 15.3. The second-order valence-electron chi connectivity index (χ2n) is 8.79. The minimum atomic E-state index is -0.434. The molecule has 2 unspecified atom stereocenters. The van der Waals surface area contributed by atoms with Crippen molar-refractivity contribution in [3.63, 3.8) is 0 Å². The Balaban J connectivity index is 1.83. The minimum Gasteiger partial charge on any atom is -0.379 e. The summed E-state index contributed by atoms with van der Waals surface area (Å²) < 4.78 is 7.32. The van der Waals surface area contributed by atoms with Crippen LogP contribution in [0.2, 0.25) is 0 Å². The first kappa shape index (κ1) is 26.0. The van der Waals surface area contributed by atoms with E-state index in [4.69, 9.17) is 9.72 Å². The molecular formula is C27H35N3O3S. The molecule has 1 heterocycles. The van der Waals surface area contributed by atoms with Gasteiger partial charge in [0, 0.05) is 18.8 Å². The van der Waals surface area contributed by atoms with E-state index in [9.17, 15) is 9.59 Å². The molecule has 0 saturated carbocycles. The van der Waals surface area contributed by atoms with Gasteiger partial charge in [-0.2, -0.15) is 0 Å². The number of nitrogens with zero attached hydrogens (tertiary/aromatic N) is 2. The van der Waals surface area contributed by atoms with Gasteiger partial charge in [0.2, 0.25) is 5.91 Å². The third-order valence-corrected chi connectivity index (χ3v) is 6.91. The number of amides is 1. The molecule has 3 aromatic rings. The predicted octanol–water partition coefficient (Wildman–Crippen LogP) is 5.84. The molecule has 2 atom stereocenters. The smallest absolute Gasteiger partial charge is 0.262 e. The average molecular weight is 482 g/mol. The number of carbonyl (C=O) groups excluding carboxylic acids is 1. The van der Waals surface area contributed by atoms with Crippen molar-refractivity contribution in [3.8, 4) is 0 Å². The van der Waals surface area contributed by atoms with Crippen LogP contribution in [0.5, 0.6) is 0 Å². The summed E-state index contributed by atoms with van der Waals surface area (Å²) >= 11 is 1.31. The molecule has 1 aromatic heterocycles. The second kappa shape index (κ2) is 12.2. The summed E-state index contributed by atoms with van der Waals surface area (Å²) in [6.07, 6.45) is 1.82. The van der Waals surface area contributed by atoms with E-state index in [0.717, 1.165) is 17.7 Å². The van der Waals surface area contributed by atoms with Gasteiger partial charge >= 0.3 is 0 Å². The molecule has 6 nitrogen and oxygen atoms in total. The van der Waals surface area contributed by atoms with Gasteiger partial charge in [-0.05, 0) is 63.3 Å². The first-order valence-corrected chi connectivity index (χ1v) is 12.9. The van der Waals surface area contributed by atoms with Crippen LogP contribution in [0.1, 0.15) is 58.9 Å². The van der Waals surface area contributed by atoms with Gasteiger partial charge < -0.3 is 10.1 Å². The molecule has 0 spiro atoms. The van der Waals surface area contributed by atoms with E-state index in [2.05, 4.69) is 25.2 Å². The Bertz CT molecular complexity index is 1180. The molecule has 0 fully saturated rings. The molecule has 7 heteroatoms. The zero-order valence-corrected chi connectivity index (χ0v) is 21.5. The van der Waals surface area contributed by atoms with Crippen molar-refractivity contribution < 1.29 is 9.53 Å². The maximum atomic E-state index is 13.2. The quantitative estimate of drug-likeness (QED) is 0.211. The van der Waals surface area contributed by atoms with Gasteiger partial charge in [-0.25, -0.2) is 4.98 Å². The SMILES string of the molecule is CCC(C)c1ccccc1NC(=O)C(C)Sc1nc2ccccc2c(=O)n1CCCOC(C)C. The standard InChI is InChI=1S/C27H35N3O3S/c1-6-19(4)21-12-7-9-14-23(21)28-25(31)20(5)34-27-29-24-15-10-8-13-22(24)26(32)30(27)16-11-17-33-18(2)3/h7-10,12-15,18-20H,6,11,16-17H2,1-5H3,(H,28,31). The van der Waals surface area contributed by atoms with Crippen molar-refractivity contribution >= 4 is 34.3 Å². The van der Waals surface area contributed by atoms with E-state index < -0.39 is 5.25 Å². The van der Waals surface area contributed by atoms with E-state index in [1.807, 2.05) is 57.2 Å². The van der Waals surface area contributed by atoms with Crippen molar-refractivity contribution in [1.82, 2.24) is 9.55 Å². The fourth-order valence-corrected chi connectivity index (χ4v) is 4.62. The van der Waals surface area contributed by atoms with Crippen LogP contribution in [0.3, 0.4) is 0 Å². The third-order valence-electron chi connectivity index (χ3n) is 5.82. The molecule has 0 radical (unpaired) electrons. The first-order valence-electron chi connectivity index (χ1n) is 12.0. The van der Waals surface area contributed by atoms with Gasteiger partial charge in [0.1, 0.15) is 0 Å². The molecule has 0 aliphatic carbocycles. The maximum Gasteiger partial charge on any atom is 0.262 e. The number of aromatic nitrogens is 2. The average Bonchev–Trinajstić information content (AvgIpc) is 2.83. The lowest BCUT2D eigenvalue weighted by Crippen LogP contribution is -2.27. The Morgan fingerprint density at radius 1 is 1.09 bits per heavy atom. The van der Waals surface area contributed by atoms with E-state index in [-0.39, 0.29) is 17.6 Å². The number of rotatable bonds is 11. The Labute approximate surface area is 206 Å². The summed E-state index contributed by atoms with van der Waals surface area (Å²) in [5.74, 6) is 0.234. The number of nitrogens with one attached hydrogen (secondary N) is 1. The van der Waals surface area contributed by atoms with Gasteiger partial charge in [0.15, 0.2) is 5.16 Å². The molecule has 1 N–H and O–H groups in total. The predicted molar refractivity (Wildman–Crippen MR) is 141 cm³/mol. The van der Waals surface area contributed by atoms with Crippen molar-refractivity contribution in [3.05, 3.63) is 64.4 Å². The molecule has 2 aromatic carbocycles. The fraction of sp³-hybridized carbons (Fsp3) is 0.444. The highest BCUT2D eigenvalue weighted by Gasteiger charge is 2.21. The highest BCUT2D eigenvalue weighted by molar-refractivity contribution is 8.00. The van der Waals surface area contributed by atoms with E-state index in [0.29, 0.717) is 41.5 Å². The van der Waals surface area contributed by atoms with Crippen molar-refractivity contribution in [1.29, 1.82) is 0 Å². The first-order chi connectivity index (χ1) is 16.3. The molecule has 182 valence electrons. The zero-order valence-electron chi connectivity index (χ0n) is 20.7. The van der Waals surface area contributed by atoms with Gasteiger partial charge in [-0.1, -0.05) is 55.9 Å². The number of hydrogen-bond donors (Lipinski definition) is 1. The van der Waals surface area contributed by atoms with Gasteiger partial charge in [-0.3, -0.25) is 14.2 Å². The molecule has 0 aliphatic heterocycles. The molecule has 0 bridgehead atoms. The summed E-state index contributed by atoms with van der Waals surface area (Å²) in [4.78, 5) is 31.1. The van der Waals surface area contributed by atoms with Crippen LogP contribution in [-0.2, 0) is 16.1 Å². The Kier molecular flexibility index (Phi) is 9.30. The summed E-state index contributed by atoms with van der Waals surface area (Å²) in [5, 5.41) is 3.78. The monoisotopic (exact) mass is 481 g/mol. The highest BCUT2D eigenvalue weighted by atomic mass is 32.2. The number of thioether (sulfide) groups is 1. The van der Waals surface area contributed by atoms with Crippen molar-refractivity contribution in [2.24, 2.45) is 0 Å². The van der Waals surface area contributed by atoms with E-state index in [1.165, 1.54) is 11.8 Å². The normalized spacial score (nSPS) is 13.2. The number of anilines is 1. The van der Waals surface area contributed by atoms with Crippen LogP contribution in [0.15, 0.2) is 58.5 Å². The van der Waals surface area contributed by atoms with Crippen LogP contribution in [0.4, 0.5) is 5.69 Å². The van der Waals surface area contributed by atoms with Crippen molar-refractivity contribution in [2.75, 3.05) is 11.9 Å². The van der Waals surface area contributed by atoms with E-state index in [1.54, 1.807) is 10.6 Å². The highest BCUT2D eigenvalue weighted by Crippen LogP contribution is 2.28. The number of benzene rings is 2. The van der Waals surface area contributed by atoms with Crippen LogP contribution >= 0.6 is 11.8 Å². The Morgan fingerprint density at radius 2 is 1.79 bits per heavy atom. The lowest BCUT2D eigenvalue weighted by atomic mass is 9.97. The molecule has 0 aliphatic rings. The van der Waals surface area contributed by atoms with Crippen LogP contribution in [-0.4, -0.2) is 33.4 Å².